The smallest absolute Gasteiger partial charge is 0.322 e. The molecule has 2 unspecified atom stereocenters. The highest BCUT2D eigenvalue weighted by molar-refractivity contribution is 5.89. The first-order chi connectivity index (χ1) is 9.51. The molecule has 20 heavy (non-hydrogen) atoms. The molecule has 0 aromatic heterocycles. The first-order valence-electron chi connectivity index (χ1n) is 7.28. The van der Waals surface area contributed by atoms with Crippen LogP contribution >= 0.6 is 0 Å². The van der Waals surface area contributed by atoms with Crippen LogP contribution in [0.2, 0.25) is 0 Å². The number of aryl methyl sites for hydroxylation is 2. The normalized spacial score (nSPS) is 22.7. The molecule has 0 bridgehead atoms. The van der Waals surface area contributed by atoms with Gasteiger partial charge in [-0.15, -0.1) is 0 Å². The number of carbonyl (C=O) groups excluding carboxylic acids is 1. The van der Waals surface area contributed by atoms with Crippen molar-refractivity contribution in [1.29, 1.82) is 0 Å². The third kappa shape index (κ3) is 3.31. The van der Waals surface area contributed by atoms with Crippen molar-refractivity contribution in [2.75, 3.05) is 18.5 Å². The molecular weight excluding hydrogens is 252 g/mol. The number of aliphatic hydroxyl groups excluding tert-OH is 1. The second kappa shape index (κ2) is 6.27. The largest absolute Gasteiger partial charge is 0.394 e. The Bertz CT molecular complexity index is 467. The molecule has 4 heteroatoms. The van der Waals surface area contributed by atoms with Crippen molar-refractivity contribution in [3.8, 4) is 0 Å². The van der Waals surface area contributed by atoms with Crippen LogP contribution in [0, 0.1) is 19.8 Å². The van der Waals surface area contributed by atoms with Crippen LogP contribution in [0.1, 0.15) is 30.9 Å². The number of piperidine rings is 1. The number of amides is 2. The summed E-state index contributed by atoms with van der Waals surface area (Å²) < 4.78 is 0. The summed E-state index contributed by atoms with van der Waals surface area (Å²) in [7, 11) is 0. The van der Waals surface area contributed by atoms with E-state index in [-0.39, 0.29) is 18.7 Å². The summed E-state index contributed by atoms with van der Waals surface area (Å²) >= 11 is 0. The summed E-state index contributed by atoms with van der Waals surface area (Å²) in [5.74, 6) is 0.346. The van der Waals surface area contributed by atoms with E-state index in [1.165, 1.54) is 0 Å². The SMILES string of the molecule is Cc1cc(C)cc(NC(=O)N2CCCC(C)C2CO)c1. The molecule has 1 heterocycles. The zero-order valence-corrected chi connectivity index (χ0v) is 12.5. The minimum absolute atomic E-state index is 0.0292. The van der Waals surface area contributed by atoms with E-state index in [9.17, 15) is 9.90 Å². The van der Waals surface area contributed by atoms with Crippen LogP contribution in [0.15, 0.2) is 18.2 Å². The fourth-order valence-corrected chi connectivity index (χ4v) is 3.02. The molecule has 2 rings (SSSR count). The Labute approximate surface area is 120 Å². The first kappa shape index (κ1) is 14.9. The monoisotopic (exact) mass is 276 g/mol. The first-order valence-corrected chi connectivity index (χ1v) is 7.28. The van der Waals surface area contributed by atoms with Crippen LogP contribution < -0.4 is 5.32 Å². The molecule has 1 aliphatic heterocycles. The van der Waals surface area contributed by atoms with Gasteiger partial charge in [0.2, 0.25) is 0 Å². The van der Waals surface area contributed by atoms with Crippen molar-refractivity contribution in [2.24, 2.45) is 5.92 Å². The maximum atomic E-state index is 12.4. The predicted molar refractivity (Wildman–Crippen MR) is 80.9 cm³/mol. The van der Waals surface area contributed by atoms with Crippen LogP contribution in [-0.2, 0) is 0 Å². The van der Waals surface area contributed by atoms with E-state index in [2.05, 4.69) is 18.3 Å². The molecule has 1 aromatic carbocycles. The Kier molecular flexibility index (Phi) is 4.65. The fourth-order valence-electron chi connectivity index (χ4n) is 3.02. The minimum atomic E-state index is -0.111. The van der Waals surface area contributed by atoms with Gasteiger partial charge in [-0.2, -0.15) is 0 Å². The van der Waals surface area contributed by atoms with Gasteiger partial charge in [0.15, 0.2) is 0 Å². The molecule has 0 radical (unpaired) electrons. The molecular formula is C16H24N2O2. The van der Waals surface area contributed by atoms with Gasteiger partial charge in [0.05, 0.1) is 12.6 Å². The summed E-state index contributed by atoms with van der Waals surface area (Å²) in [4.78, 5) is 14.2. The Morgan fingerprint density at radius 3 is 2.60 bits per heavy atom. The number of hydrogen-bond donors (Lipinski definition) is 2. The highest BCUT2D eigenvalue weighted by Crippen LogP contribution is 2.24. The van der Waals surface area contributed by atoms with Crippen molar-refractivity contribution >= 4 is 11.7 Å². The van der Waals surface area contributed by atoms with E-state index < -0.39 is 0 Å². The number of urea groups is 1. The van der Waals surface area contributed by atoms with Gasteiger partial charge in [0.25, 0.3) is 0 Å². The third-order valence-electron chi connectivity index (χ3n) is 4.04. The summed E-state index contributed by atoms with van der Waals surface area (Å²) in [5.41, 5.74) is 3.08. The van der Waals surface area contributed by atoms with Crippen molar-refractivity contribution in [3.63, 3.8) is 0 Å². The molecule has 110 valence electrons. The van der Waals surface area contributed by atoms with Crippen LogP contribution in [0.4, 0.5) is 10.5 Å². The van der Waals surface area contributed by atoms with Gasteiger partial charge in [-0.05, 0) is 55.9 Å². The second-order valence-corrected chi connectivity index (χ2v) is 5.87. The molecule has 2 atom stereocenters. The number of aliphatic hydroxyl groups is 1. The van der Waals surface area contributed by atoms with Gasteiger partial charge in [-0.25, -0.2) is 4.79 Å². The van der Waals surface area contributed by atoms with Gasteiger partial charge in [-0.3, -0.25) is 0 Å². The van der Waals surface area contributed by atoms with Crippen molar-refractivity contribution in [3.05, 3.63) is 29.3 Å². The van der Waals surface area contributed by atoms with Crippen molar-refractivity contribution in [2.45, 2.75) is 39.7 Å². The molecule has 4 nitrogen and oxygen atoms in total. The predicted octanol–water partition coefficient (Wildman–Crippen LogP) is 2.93. The molecule has 1 fully saturated rings. The molecule has 0 aliphatic carbocycles. The van der Waals surface area contributed by atoms with E-state index in [0.717, 1.165) is 29.7 Å². The van der Waals surface area contributed by atoms with Gasteiger partial charge >= 0.3 is 6.03 Å². The highest BCUT2D eigenvalue weighted by atomic mass is 16.3. The Hall–Kier alpha value is -1.55. The number of hydrogen-bond acceptors (Lipinski definition) is 2. The summed E-state index contributed by atoms with van der Waals surface area (Å²) in [6, 6.07) is 5.82. The average molecular weight is 276 g/mol. The third-order valence-corrected chi connectivity index (χ3v) is 4.04. The second-order valence-electron chi connectivity index (χ2n) is 5.87. The zero-order valence-electron chi connectivity index (χ0n) is 12.5. The van der Waals surface area contributed by atoms with Gasteiger partial charge in [-0.1, -0.05) is 13.0 Å². The van der Waals surface area contributed by atoms with Crippen LogP contribution in [0.3, 0.4) is 0 Å². The van der Waals surface area contributed by atoms with Gasteiger partial charge in [0, 0.05) is 12.2 Å². The van der Waals surface area contributed by atoms with Gasteiger partial charge in [0.1, 0.15) is 0 Å². The van der Waals surface area contributed by atoms with E-state index in [1.54, 1.807) is 4.90 Å². The maximum Gasteiger partial charge on any atom is 0.322 e. The summed E-state index contributed by atoms with van der Waals surface area (Å²) in [6.45, 7) is 6.87. The number of anilines is 1. The van der Waals surface area contributed by atoms with Crippen LogP contribution in [-0.4, -0.2) is 35.2 Å². The zero-order chi connectivity index (χ0) is 14.7. The molecule has 1 aliphatic rings. The van der Waals surface area contributed by atoms with E-state index in [4.69, 9.17) is 0 Å². The maximum absolute atomic E-state index is 12.4. The average Bonchev–Trinajstić information content (AvgIpc) is 2.37. The molecule has 2 N–H and O–H groups in total. The van der Waals surface area contributed by atoms with Crippen LogP contribution in [0.25, 0.3) is 0 Å². The number of rotatable bonds is 2. The van der Waals surface area contributed by atoms with Crippen molar-refractivity contribution in [1.82, 2.24) is 4.90 Å². The number of nitrogens with one attached hydrogen (secondary N) is 1. The summed E-state index contributed by atoms with van der Waals surface area (Å²) in [5, 5.41) is 12.5. The minimum Gasteiger partial charge on any atom is -0.394 e. The lowest BCUT2D eigenvalue weighted by molar-refractivity contribution is 0.0811. The van der Waals surface area contributed by atoms with E-state index in [0.29, 0.717) is 12.5 Å². The fraction of sp³-hybridized carbons (Fsp3) is 0.562. The molecule has 1 saturated heterocycles. The highest BCUT2D eigenvalue weighted by Gasteiger charge is 2.31. The Morgan fingerprint density at radius 2 is 2.00 bits per heavy atom. The lowest BCUT2D eigenvalue weighted by Gasteiger charge is -2.38. The number of likely N-dealkylation sites (tertiary alicyclic amines) is 1. The summed E-state index contributed by atoms with van der Waals surface area (Å²) in [6.07, 6.45) is 2.07. The molecule has 0 saturated carbocycles. The lowest BCUT2D eigenvalue weighted by atomic mass is 9.91. The number of nitrogens with zero attached hydrogens (tertiary/aromatic N) is 1. The van der Waals surface area contributed by atoms with Gasteiger partial charge < -0.3 is 15.3 Å². The standard InChI is InChI=1S/C16H24N2O2/c1-11-7-12(2)9-14(8-11)17-16(20)18-6-4-5-13(3)15(18)10-19/h7-9,13,15,19H,4-6,10H2,1-3H3,(H,17,20). The topological polar surface area (TPSA) is 52.6 Å². The Morgan fingerprint density at radius 1 is 1.35 bits per heavy atom. The molecule has 0 spiro atoms. The lowest BCUT2D eigenvalue weighted by Crippen LogP contribution is -2.51. The molecule has 1 aromatic rings. The van der Waals surface area contributed by atoms with Crippen molar-refractivity contribution < 1.29 is 9.90 Å². The molecule has 2 amide bonds. The van der Waals surface area contributed by atoms with E-state index in [1.807, 2.05) is 26.0 Å². The number of carbonyl (C=O) groups is 1. The van der Waals surface area contributed by atoms with Crippen LogP contribution in [0.5, 0.6) is 0 Å². The Balaban J connectivity index is 2.10. The quantitative estimate of drug-likeness (QED) is 0.872. The number of benzene rings is 1. The van der Waals surface area contributed by atoms with E-state index >= 15 is 0 Å².